The van der Waals surface area contributed by atoms with E-state index in [1.165, 1.54) is 4.31 Å². The molecular formula is C18H19NO3S. The van der Waals surface area contributed by atoms with Gasteiger partial charge in [-0.05, 0) is 43.2 Å². The molecule has 0 spiro atoms. The summed E-state index contributed by atoms with van der Waals surface area (Å²) < 4.78 is 27.3. The van der Waals surface area contributed by atoms with Crippen molar-refractivity contribution in [2.24, 2.45) is 0 Å². The molecule has 0 aromatic heterocycles. The zero-order valence-corrected chi connectivity index (χ0v) is 14.1. The van der Waals surface area contributed by atoms with Gasteiger partial charge in [0.2, 0.25) is 0 Å². The highest BCUT2D eigenvalue weighted by atomic mass is 32.2. The van der Waals surface area contributed by atoms with Gasteiger partial charge in [-0.15, -0.1) is 0 Å². The van der Waals surface area contributed by atoms with Crippen molar-refractivity contribution in [3.63, 3.8) is 0 Å². The van der Waals surface area contributed by atoms with E-state index >= 15 is 0 Å². The van der Waals surface area contributed by atoms with E-state index < -0.39 is 10.0 Å². The molecule has 2 aromatic rings. The Kier molecular flexibility index (Phi) is 3.98. The van der Waals surface area contributed by atoms with Gasteiger partial charge in [-0.1, -0.05) is 30.7 Å². The molecule has 0 aliphatic carbocycles. The third-order valence-electron chi connectivity index (χ3n) is 4.18. The van der Waals surface area contributed by atoms with Crippen molar-refractivity contribution in [3.8, 4) is 0 Å². The van der Waals surface area contributed by atoms with Gasteiger partial charge in [-0.25, -0.2) is 8.42 Å². The molecule has 1 aliphatic rings. The predicted molar refractivity (Wildman–Crippen MR) is 90.5 cm³/mol. The SMILES string of the molecule is CCc1ccc(S(=O)(=O)N2CCC(=O)c3cc(C)ccc32)cc1. The Labute approximate surface area is 136 Å². The lowest BCUT2D eigenvalue weighted by molar-refractivity contribution is 0.0982. The number of carbonyl (C=O) groups is 1. The minimum absolute atomic E-state index is 0.00326. The van der Waals surface area contributed by atoms with Crippen LogP contribution in [0.3, 0.4) is 0 Å². The molecule has 0 saturated carbocycles. The molecule has 1 heterocycles. The van der Waals surface area contributed by atoms with Crippen LogP contribution in [-0.2, 0) is 16.4 Å². The molecule has 1 aliphatic heterocycles. The van der Waals surface area contributed by atoms with Crippen LogP contribution in [0.25, 0.3) is 0 Å². The van der Waals surface area contributed by atoms with Gasteiger partial charge in [0.15, 0.2) is 5.78 Å². The summed E-state index contributed by atoms with van der Waals surface area (Å²) in [6.07, 6.45) is 1.07. The fourth-order valence-electron chi connectivity index (χ4n) is 2.82. The van der Waals surface area contributed by atoms with Gasteiger partial charge in [-0.3, -0.25) is 9.10 Å². The maximum atomic E-state index is 13.0. The fourth-order valence-corrected chi connectivity index (χ4v) is 4.31. The van der Waals surface area contributed by atoms with E-state index in [-0.39, 0.29) is 23.6 Å². The van der Waals surface area contributed by atoms with E-state index in [4.69, 9.17) is 0 Å². The first-order valence-electron chi connectivity index (χ1n) is 7.69. The Balaban J connectivity index is 2.07. The number of Topliss-reactive ketones (excluding diaryl/α,β-unsaturated/α-hetero) is 1. The van der Waals surface area contributed by atoms with Gasteiger partial charge < -0.3 is 0 Å². The Morgan fingerprint density at radius 2 is 1.78 bits per heavy atom. The minimum atomic E-state index is -3.66. The number of sulfonamides is 1. The van der Waals surface area contributed by atoms with E-state index in [0.717, 1.165) is 17.5 Å². The van der Waals surface area contributed by atoms with E-state index in [9.17, 15) is 13.2 Å². The zero-order valence-electron chi connectivity index (χ0n) is 13.2. The number of hydrogen-bond acceptors (Lipinski definition) is 3. The molecule has 0 saturated heterocycles. The van der Waals surface area contributed by atoms with Gasteiger partial charge >= 0.3 is 0 Å². The number of ketones is 1. The second-order valence-electron chi connectivity index (χ2n) is 5.77. The summed E-state index contributed by atoms with van der Waals surface area (Å²) in [5.74, 6) is -0.00326. The summed E-state index contributed by atoms with van der Waals surface area (Å²) in [5.41, 5.74) is 3.01. The van der Waals surface area contributed by atoms with Gasteiger partial charge in [0.1, 0.15) is 0 Å². The first kappa shape index (κ1) is 15.7. The molecule has 4 nitrogen and oxygen atoms in total. The molecule has 0 N–H and O–H groups in total. The van der Waals surface area contributed by atoms with Crippen LogP contribution in [0, 0.1) is 6.92 Å². The molecule has 0 unspecified atom stereocenters. The summed E-state index contributed by atoms with van der Waals surface area (Å²) >= 11 is 0. The number of rotatable bonds is 3. The first-order valence-corrected chi connectivity index (χ1v) is 9.13. The van der Waals surface area contributed by atoms with Crippen molar-refractivity contribution in [2.75, 3.05) is 10.8 Å². The lowest BCUT2D eigenvalue weighted by atomic mass is 10.0. The Morgan fingerprint density at radius 3 is 2.43 bits per heavy atom. The third kappa shape index (κ3) is 2.77. The summed E-state index contributed by atoms with van der Waals surface area (Å²) in [6, 6.07) is 12.3. The van der Waals surface area contributed by atoms with Crippen molar-refractivity contribution in [1.82, 2.24) is 0 Å². The first-order chi connectivity index (χ1) is 10.9. The average molecular weight is 329 g/mol. The molecular weight excluding hydrogens is 310 g/mol. The molecule has 0 atom stereocenters. The van der Waals surface area contributed by atoms with Crippen LogP contribution < -0.4 is 4.31 Å². The largest absolute Gasteiger partial charge is 0.294 e. The van der Waals surface area contributed by atoms with Crippen molar-refractivity contribution in [1.29, 1.82) is 0 Å². The lowest BCUT2D eigenvalue weighted by Crippen LogP contribution is -2.37. The van der Waals surface area contributed by atoms with Crippen molar-refractivity contribution in [3.05, 3.63) is 59.2 Å². The van der Waals surface area contributed by atoms with Crippen LogP contribution in [0.4, 0.5) is 5.69 Å². The molecule has 0 amide bonds. The third-order valence-corrected chi connectivity index (χ3v) is 6.01. The Bertz CT molecular complexity index is 854. The molecule has 0 fully saturated rings. The monoisotopic (exact) mass is 329 g/mol. The Morgan fingerprint density at radius 1 is 1.09 bits per heavy atom. The quantitative estimate of drug-likeness (QED) is 0.868. The predicted octanol–water partition coefficient (Wildman–Crippen LogP) is 3.34. The number of aryl methyl sites for hydroxylation is 2. The molecule has 0 bridgehead atoms. The number of anilines is 1. The normalized spacial score (nSPS) is 14.7. The summed E-state index contributed by atoms with van der Waals surface area (Å²) in [6.45, 7) is 4.11. The highest BCUT2D eigenvalue weighted by Crippen LogP contribution is 2.32. The van der Waals surface area contributed by atoms with E-state index in [1.54, 1.807) is 24.3 Å². The zero-order chi connectivity index (χ0) is 16.6. The van der Waals surface area contributed by atoms with Crippen molar-refractivity contribution < 1.29 is 13.2 Å². The molecule has 3 rings (SSSR count). The van der Waals surface area contributed by atoms with Crippen LogP contribution in [0.5, 0.6) is 0 Å². The summed E-state index contributed by atoms with van der Waals surface area (Å²) in [4.78, 5) is 12.4. The highest BCUT2D eigenvalue weighted by Gasteiger charge is 2.32. The topological polar surface area (TPSA) is 54.5 Å². The summed E-state index contributed by atoms with van der Waals surface area (Å²) in [5, 5.41) is 0. The highest BCUT2D eigenvalue weighted by molar-refractivity contribution is 7.92. The van der Waals surface area contributed by atoms with Crippen LogP contribution in [0.2, 0.25) is 0 Å². The second-order valence-corrected chi connectivity index (χ2v) is 7.63. The molecule has 2 aromatic carbocycles. The number of benzene rings is 2. The van der Waals surface area contributed by atoms with E-state index in [2.05, 4.69) is 0 Å². The van der Waals surface area contributed by atoms with Crippen molar-refractivity contribution >= 4 is 21.5 Å². The Hall–Kier alpha value is -2.14. The second kappa shape index (κ2) is 5.81. The molecule has 0 radical (unpaired) electrons. The molecule has 5 heteroatoms. The minimum Gasteiger partial charge on any atom is -0.294 e. The van der Waals surface area contributed by atoms with Crippen LogP contribution in [-0.4, -0.2) is 20.7 Å². The molecule has 23 heavy (non-hydrogen) atoms. The number of carbonyl (C=O) groups excluding carboxylic acids is 1. The summed E-state index contributed by atoms with van der Waals surface area (Å²) in [7, 11) is -3.66. The number of fused-ring (bicyclic) bond motifs is 1. The van der Waals surface area contributed by atoms with Crippen LogP contribution in [0.15, 0.2) is 47.4 Å². The van der Waals surface area contributed by atoms with Gasteiger partial charge in [-0.2, -0.15) is 0 Å². The van der Waals surface area contributed by atoms with Crippen LogP contribution in [0.1, 0.15) is 34.8 Å². The van der Waals surface area contributed by atoms with E-state index in [1.807, 2.05) is 32.0 Å². The maximum Gasteiger partial charge on any atom is 0.264 e. The van der Waals surface area contributed by atoms with Gasteiger partial charge in [0.25, 0.3) is 10.0 Å². The smallest absolute Gasteiger partial charge is 0.264 e. The van der Waals surface area contributed by atoms with E-state index in [0.29, 0.717) is 11.3 Å². The maximum absolute atomic E-state index is 13.0. The lowest BCUT2D eigenvalue weighted by Gasteiger charge is -2.30. The standard InChI is InChI=1S/C18H19NO3S/c1-3-14-5-7-15(8-6-14)23(21,22)19-11-10-18(20)16-12-13(2)4-9-17(16)19/h4-9,12H,3,10-11H2,1-2H3. The molecule has 120 valence electrons. The average Bonchev–Trinajstić information content (AvgIpc) is 2.55. The number of hydrogen-bond donors (Lipinski definition) is 0. The fraction of sp³-hybridized carbons (Fsp3) is 0.278. The van der Waals surface area contributed by atoms with Gasteiger partial charge in [0, 0.05) is 18.5 Å². The number of nitrogens with zero attached hydrogens (tertiary/aromatic N) is 1. The van der Waals surface area contributed by atoms with Crippen LogP contribution >= 0.6 is 0 Å². The van der Waals surface area contributed by atoms with Gasteiger partial charge in [0.05, 0.1) is 10.6 Å². The van der Waals surface area contributed by atoms with Crippen molar-refractivity contribution in [2.45, 2.75) is 31.6 Å².